The molecule has 1 aliphatic heterocycles. The van der Waals surface area contributed by atoms with Gasteiger partial charge in [-0.05, 0) is 6.42 Å². The van der Waals surface area contributed by atoms with Crippen LogP contribution in [-0.2, 0) is 0 Å². The van der Waals surface area contributed by atoms with Crippen molar-refractivity contribution in [2.24, 2.45) is 0 Å². The largest absolute Gasteiger partial charge is 0.494 e. The van der Waals surface area contributed by atoms with Gasteiger partial charge in [0.15, 0.2) is 5.88 Å². The zero-order valence-corrected chi connectivity index (χ0v) is 10.1. The summed E-state index contributed by atoms with van der Waals surface area (Å²) < 4.78 is 0. The van der Waals surface area contributed by atoms with Gasteiger partial charge in [-0.1, -0.05) is 13.3 Å². The number of hydrogen-bond acceptors (Lipinski definition) is 4. The number of likely N-dealkylation sites (tertiary alicyclic amines) is 1. The average molecular weight is 252 g/mol. The number of carbonyl (C=O) groups excluding carboxylic acids is 1. The van der Waals surface area contributed by atoms with E-state index in [4.69, 9.17) is 0 Å². The monoisotopic (exact) mass is 252 g/mol. The molecule has 0 radical (unpaired) electrons. The molecule has 0 saturated carbocycles. The van der Waals surface area contributed by atoms with Gasteiger partial charge in [-0.3, -0.25) is 14.6 Å². The molecule has 6 nitrogen and oxygen atoms in total. The molecule has 2 rings (SSSR count). The first-order valence-electron chi connectivity index (χ1n) is 5.88. The molecule has 0 atom stereocenters. The van der Waals surface area contributed by atoms with Crippen LogP contribution in [0.4, 0.5) is 0 Å². The Morgan fingerprint density at radius 1 is 1.50 bits per heavy atom. The third-order valence-electron chi connectivity index (χ3n) is 3.05. The number of nitrogens with one attached hydrogen (secondary N) is 1. The van der Waals surface area contributed by atoms with E-state index in [1.165, 1.54) is 11.0 Å². The number of amides is 1. The van der Waals surface area contributed by atoms with Crippen molar-refractivity contribution in [3.8, 4) is 5.88 Å². The second-order valence-electron chi connectivity index (χ2n) is 4.75. The van der Waals surface area contributed by atoms with E-state index in [1.54, 1.807) is 0 Å². The van der Waals surface area contributed by atoms with Crippen LogP contribution in [0.3, 0.4) is 0 Å². The Morgan fingerprint density at radius 2 is 2.17 bits per heavy atom. The van der Waals surface area contributed by atoms with Gasteiger partial charge in [-0.25, -0.2) is 0 Å². The van der Waals surface area contributed by atoms with Crippen LogP contribution in [0, 0.1) is 0 Å². The number of carbonyl (C=O) groups is 1. The summed E-state index contributed by atoms with van der Waals surface area (Å²) >= 11 is 0. The van der Waals surface area contributed by atoms with Crippen molar-refractivity contribution in [2.45, 2.75) is 25.4 Å². The zero-order chi connectivity index (χ0) is 13.3. The van der Waals surface area contributed by atoms with Gasteiger partial charge in [0.25, 0.3) is 11.5 Å². The van der Waals surface area contributed by atoms with Gasteiger partial charge in [-0.15, -0.1) is 0 Å². The summed E-state index contributed by atoms with van der Waals surface area (Å²) in [6.07, 6.45) is 1.50. The van der Waals surface area contributed by atoms with E-state index in [0.717, 1.165) is 12.5 Å². The Morgan fingerprint density at radius 3 is 2.72 bits per heavy atom. The van der Waals surface area contributed by atoms with Crippen molar-refractivity contribution < 1.29 is 15.0 Å². The van der Waals surface area contributed by atoms with Crippen molar-refractivity contribution in [2.75, 3.05) is 13.1 Å². The van der Waals surface area contributed by atoms with Gasteiger partial charge < -0.3 is 15.1 Å². The first-order valence-corrected chi connectivity index (χ1v) is 5.88. The fraction of sp³-hybridized carbons (Fsp3) is 0.500. The Kier molecular flexibility index (Phi) is 3.13. The van der Waals surface area contributed by atoms with Gasteiger partial charge in [-0.2, -0.15) is 0 Å². The second kappa shape index (κ2) is 4.45. The van der Waals surface area contributed by atoms with Gasteiger partial charge in [0.1, 0.15) is 0 Å². The molecule has 6 heteroatoms. The normalized spacial score (nSPS) is 17.3. The number of aromatic amines is 1. The number of aromatic hydroxyl groups is 1. The number of β-amino-alcohol motifs (C(OH)–C–C–N with tert-alkyl or cyclic N) is 1. The van der Waals surface area contributed by atoms with Crippen LogP contribution in [0.15, 0.2) is 16.9 Å². The van der Waals surface area contributed by atoms with E-state index in [9.17, 15) is 19.8 Å². The number of rotatable bonds is 3. The van der Waals surface area contributed by atoms with Crippen LogP contribution in [0.5, 0.6) is 5.88 Å². The summed E-state index contributed by atoms with van der Waals surface area (Å²) in [5.41, 5.74) is -1.19. The molecule has 1 amide bonds. The molecule has 0 aromatic carbocycles. The maximum atomic E-state index is 12.0. The molecule has 1 saturated heterocycles. The highest BCUT2D eigenvalue weighted by atomic mass is 16.3. The average Bonchev–Trinajstić information content (AvgIpc) is 2.23. The molecular formula is C12H16N2O4. The van der Waals surface area contributed by atoms with Crippen molar-refractivity contribution in [1.82, 2.24) is 9.88 Å². The van der Waals surface area contributed by atoms with Crippen LogP contribution in [0.25, 0.3) is 0 Å². The van der Waals surface area contributed by atoms with E-state index in [-0.39, 0.29) is 30.4 Å². The molecule has 98 valence electrons. The van der Waals surface area contributed by atoms with E-state index < -0.39 is 11.2 Å². The lowest BCUT2D eigenvalue weighted by Gasteiger charge is -2.46. The molecule has 3 N–H and O–H groups in total. The molecule has 0 spiro atoms. The number of pyridine rings is 1. The Bertz CT molecular complexity index is 517. The smallest absolute Gasteiger partial charge is 0.254 e. The van der Waals surface area contributed by atoms with E-state index in [2.05, 4.69) is 4.98 Å². The quantitative estimate of drug-likeness (QED) is 0.709. The summed E-state index contributed by atoms with van der Waals surface area (Å²) in [6.45, 7) is 2.51. The lowest BCUT2D eigenvalue weighted by Crippen LogP contribution is -2.63. The lowest BCUT2D eigenvalue weighted by molar-refractivity contribution is -0.0860. The van der Waals surface area contributed by atoms with Crippen molar-refractivity contribution in [1.29, 1.82) is 0 Å². The molecule has 1 aromatic heterocycles. The van der Waals surface area contributed by atoms with Gasteiger partial charge in [0, 0.05) is 12.1 Å². The number of H-pyrrole nitrogens is 1. The first kappa shape index (κ1) is 12.6. The van der Waals surface area contributed by atoms with Crippen LogP contribution < -0.4 is 5.56 Å². The molecule has 0 bridgehead atoms. The van der Waals surface area contributed by atoms with E-state index in [1.807, 2.05) is 6.92 Å². The molecule has 0 aliphatic carbocycles. The fourth-order valence-electron chi connectivity index (χ4n) is 2.27. The summed E-state index contributed by atoms with van der Waals surface area (Å²) in [5, 5.41) is 19.2. The van der Waals surface area contributed by atoms with Crippen LogP contribution in [0.2, 0.25) is 0 Å². The minimum Gasteiger partial charge on any atom is -0.494 e. The first-order chi connectivity index (χ1) is 8.43. The lowest BCUT2D eigenvalue weighted by atomic mass is 9.89. The minimum atomic E-state index is -0.798. The highest BCUT2D eigenvalue weighted by Gasteiger charge is 2.42. The second-order valence-corrected chi connectivity index (χ2v) is 4.75. The van der Waals surface area contributed by atoms with Gasteiger partial charge in [0.2, 0.25) is 0 Å². The fourth-order valence-corrected chi connectivity index (χ4v) is 2.27. The maximum Gasteiger partial charge on any atom is 0.254 e. The van der Waals surface area contributed by atoms with Crippen molar-refractivity contribution in [3.05, 3.63) is 28.0 Å². The molecular weight excluding hydrogens is 236 g/mol. The van der Waals surface area contributed by atoms with E-state index in [0.29, 0.717) is 6.42 Å². The van der Waals surface area contributed by atoms with Crippen molar-refractivity contribution in [3.63, 3.8) is 0 Å². The Hall–Kier alpha value is -1.82. The molecule has 0 unspecified atom stereocenters. The standard InChI is InChI=1S/C12H16N2O4/c1-2-3-12(18)6-14(7-12)11(17)8-4-9(15)13-10(16)5-8/h4-5,18H,2-3,6-7H2,1H3,(H2,13,15,16). The van der Waals surface area contributed by atoms with Gasteiger partial charge >= 0.3 is 0 Å². The number of aliphatic hydroxyl groups is 1. The molecule has 1 fully saturated rings. The molecule has 18 heavy (non-hydrogen) atoms. The third-order valence-corrected chi connectivity index (χ3v) is 3.05. The summed E-state index contributed by atoms with van der Waals surface area (Å²) in [4.78, 5) is 26.7. The third kappa shape index (κ3) is 2.38. The van der Waals surface area contributed by atoms with Crippen molar-refractivity contribution >= 4 is 5.91 Å². The van der Waals surface area contributed by atoms with Gasteiger partial charge in [0.05, 0.1) is 24.3 Å². The topological polar surface area (TPSA) is 93.6 Å². The molecule has 1 aliphatic rings. The SMILES string of the molecule is CCCC1(O)CN(C(=O)c2cc(O)[nH]c(=O)c2)C1. The summed E-state index contributed by atoms with van der Waals surface area (Å²) in [6, 6.07) is 2.35. The summed E-state index contributed by atoms with van der Waals surface area (Å²) in [7, 11) is 0. The Balaban J connectivity index is 2.08. The zero-order valence-electron chi connectivity index (χ0n) is 10.1. The van der Waals surface area contributed by atoms with E-state index >= 15 is 0 Å². The highest BCUT2D eigenvalue weighted by Crippen LogP contribution is 2.27. The summed E-state index contributed by atoms with van der Waals surface area (Å²) in [5.74, 6) is -0.688. The number of hydrogen-bond donors (Lipinski definition) is 3. The predicted molar refractivity (Wildman–Crippen MR) is 64.5 cm³/mol. The maximum absolute atomic E-state index is 12.0. The highest BCUT2D eigenvalue weighted by molar-refractivity contribution is 5.95. The molecule has 2 heterocycles. The number of aromatic nitrogens is 1. The Labute approximate surface area is 104 Å². The predicted octanol–water partition coefficient (Wildman–Crippen LogP) is 0.0675. The van der Waals surface area contributed by atoms with Crippen LogP contribution >= 0.6 is 0 Å². The van der Waals surface area contributed by atoms with Crippen LogP contribution in [-0.4, -0.2) is 44.7 Å². The number of nitrogens with zero attached hydrogens (tertiary/aromatic N) is 1. The minimum absolute atomic E-state index is 0.134. The van der Waals surface area contributed by atoms with Crippen LogP contribution in [0.1, 0.15) is 30.1 Å². The molecule has 1 aromatic rings.